The Morgan fingerprint density at radius 2 is 2.35 bits per heavy atom. The van der Waals surface area contributed by atoms with E-state index in [0.717, 1.165) is 6.54 Å². The molecule has 94 valence electrons. The van der Waals surface area contributed by atoms with Crippen molar-refractivity contribution in [2.24, 2.45) is 0 Å². The molecule has 0 aliphatic carbocycles. The molecule has 1 atom stereocenters. The van der Waals surface area contributed by atoms with Gasteiger partial charge in [0.2, 0.25) is 0 Å². The number of halogens is 1. The first-order chi connectivity index (χ1) is 8.27. The van der Waals surface area contributed by atoms with Crippen LogP contribution in [-0.2, 0) is 4.74 Å². The number of hydrogen-bond acceptors (Lipinski definition) is 4. The second-order valence-electron chi connectivity index (χ2n) is 3.77. The lowest BCUT2D eigenvalue weighted by Crippen LogP contribution is -2.33. The zero-order chi connectivity index (χ0) is 12.3. The highest BCUT2D eigenvalue weighted by molar-refractivity contribution is 7.98. The minimum absolute atomic E-state index is 0.208. The first kappa shape index (κ1) is 12.7. The predicted octanol–water partition coefficient (Wildman–Crippen LogP) is 2.22. The second-order valence-corrected chi connectivity index (χ2v) is 4.58. The Bertz CT molecular complexity index is 394. The van der Waals surface area contributed by atoms with Crippen molar-refractivity contribution >= 4 is 11.8 Å². The fourth-order valence-corrected chi connectivity index (χ4v) is 2.57. The maximum atomic E-state index is 14.3. The Balaban J connectivity index is 2.34. The molecule has 17 heavy (non-hydrogen) atoms. The number of rotatable bonds is 3. The van der Waals surface area contributed by atoms with Crippen molar-refractivity contribution in [2.75, 3.05) is 33.1 Å². The molecule has 0 amide bonds. The average molecular weight is 257 g/mol. The van der Waals surface area contributed by atoms with Gasteiger partial charge in [-0.3, -0.25) is 0 Å². The van der Waals surface area contributed by atoms with E-state index < -0.39 is 0 Å². The van der Waals surface area contributed by atoms with Crippen LogP contribution in [0.25, 0.3) is 0 Å². The van der Waals surface area contributed by atoms with Gasteiger partial charge in [0, 0.05) is 18.7 Å². The highest BCUT2D eigenvalue weighted by Gasteiger charge is 2.22. The van der Waals surface area contributed by atoms with Crippen LogP contribution in [0.4, 0.5) is 4.39 Å². The molecule has 0 bridgehead atoms. The molecule has 1 saturated heterocycles. The van der Waals surface area contributed by atoms with Crippen molar-refractivity contribution in [1.29, 1.82) is 0 Å². The van der Waals surface area contributed by atoms with Crippen molar-refractivity contribution in [1.82, 2.24) is 5.32 Å². The number of methoxy groups -OCH3 is 1. The third-order valence-corrected chi connectivity index (χ3v) is 3.58. The Morgan fingerprint density at radius 3 is 2.94 bits per heavy atom. The summed E-state index contributed by atoms with van der Waals surface area (Å²) in [6, 6.07) is 3.54. The van der Waals surface area contributed by atoms with Crippen LogP contribution in [0, 0.1) is 5.82 Å². The predicted molar refractivity (Wildman–Crippen MR) is 66.3 cm³/mol. The largest absolute Gasteiger partial charge is 0.495 e. The Kier molecular flexibility index (Phi) is 4.25. The number of nitrogens with one attached hydrogen (secondary N) is 1. The highest BCUT2D eigenvalue weighted by atomic mass is 32.2. The molecule has 0 aromatic heterocycles. The lowest BCUT2D eigenvalue weighted by atomic mass is 10.1. The normalized spacial score (nSPS) is 20.3. The van der Waals surface area contributed by atoms with Crippen molar-refractivity contribution in [3.63, 3.8) is 0 Å². The van der Waals surface area contributed by atoms with Gasteiger partial charge in [0.15, 0.2) is 0 Å². The number of hydrogen-bond donors (Lipinski definition) is 1. The van der Waals surface area contributed by atoms with Gasteiger partial charge in [-0.25, -0.2) is 4.39 Å². The van der Waals surface area contributed by atoms with Crippen LogP contribution < -0.4 is 10.1 Å². The summed E-state index contributed by atoms with van der Waals surface area (Å²) in [5, 5.41) is 3.20. The van der Waals surface area contributed by atoms with Gasteiger partial charge in [0.05, 0.1) is 24.7 Å². The summed E-state index contributed by atoms with van der Waals surface area (Å²) in [5.74, 6) is 0.341. The zero-order valence-corrected chi connectivity index (χ0v) is 10.8. The molecule has 0 saturated carbocycles. The minimum Gasteiger partial charge on any atom is -0.495 e. The van der Waals surface area contributed by atoms with Gasteiger partial charge < -0.3 is 14.8 Å². The topological polar surface area (TPSA) is 30.5 Å². The molecule has 1 aliphatic rings. The van der Waals surface area contributed by atoms with E-state index in [0.29, 0.717) is 29.4 Å². The highest BCUT2D eigenvalue weighted by Crippen LogP contribution is 2.35. The van der Waals surface area contributed by atoms with E-state index in [2.05, 4.69) is 5.32 Å². The molecule has 5 heteroatoms. The van der Waals surface area contributed by atoms with Gasteiger partial charge in [0.1, 0.15) is 11.6 Å². The summed E-state index contributed by atoms with van der Waals surface area (Å²) in [4.78, 5) is 0.541. The quantitative estimate of drug-likeness (QED) is 0.841. The lowest BCUT2D eigenvalue weighted by Gasteiger charge is -2.25. The van der Waals surface area contributed by atoms with E-state index in [9.17, 15) is 4.39 Å². The molecule has 1 fully saturated rings. The third-order valence-electron chi connectivity index (χ3n) is 2.79. The fourth-order valence-electron chi connectivity index (χ4n) is 1.92. The lowest BCUT2D eigenvalue weighted by molar-refractivity contribution is 0.0252. The molecule has 2 rings (SSSR count). The third kappa shape index (κ3) is 2.56. The standard InChI is InChI=1S/C12H16FNO2S/c1-15-9-4-3-8(11(13)12(9)17-2)10-7-14-5-6-16-10/h3-4,10,14H,5-7H2,1-2H3. The zero-order valence-electron chi connectivity index (χ0n) is 9.96. The number of morpholine rings is 1. The summed E-state index contributed by atoms with van der Waals surface area (Å²) >= 11 is 1.35. The molecule has 1 heterocycles. The van der Waals surface area contributed by atoms with Crippen LogP contribution in [0.5, 0.6) is 5.75 Å². The summed E-state index contributed by atoms with van der Waals surface area (Å²) in [7, 11) is 1.55. The average Bonchev–Trinajstić information content (AvgIpc) is 2.39. The first-order valence-corrected chi connectivity index (χ1v) is 6.73. The van der Waals surface area contributed by atoms with Crippen LogP contribution >= 0.6 is 11.8 Å². The summed E-state index contributed by atoms with van der Waals surface area (Å²) in [6.07, 6.45) is 1.63. The fraction of sp³-hybridized carbons (Fsp3) is 0.500. The van der Waals surface area contributed by atoms with E-state index in [-0.39, 0.29) is 11.9 Å². The molecule has 0 spiro atoms. The minimum atomic E-state index is -0.231. The molecule has 1 aromatic carbocycles. The number of ether oxygens (including phenoxy) is 2. The van der Waals surface area contributed by atoms with E-state index >= 15 is 0 Å². The van der Waals surface area contributed by atoms with Crippen molar-refractivity contribution in [3.05, 3.63) is 23.5 Å². The molecule has 1 aromatic rings. The first-order valence-electron chi connectivity index (χ1n) is 5.50. The van der Waals surface area contributed by atoms with Crippen LogP contribution in [0.1, 0.15) is 11.7 Å². The SMILES string of the molecule is COc1ccc(C2CNCCO2)c(F)c1SC. The van der Waals surface area contributed by atoms with E-state index in [1.165, 1.54) is 11.8 Å². The molecular formula is C12H16FNO2S. The van der Waals surface area contributed by atoms with Crippen molar-refractivity contribution in [2.45, 2.75) is 11.0 Å². The smallest absolute Gasteiger partial charge is 0.146 e. The van der Waals surface area contributed by atoms with Gasteiger partial charge in [-0.1, -0.05) is 0 Å². The van der Waals surface area contributed by atoms with Crippen LogP contribution in [-0.4, -0.2) is 33.1 Å². The summed E-state index contributed by atoms with van der Waals surface area (Å²) in [5.41, 5.74) is 0.599. The second kappa shape index (κ2) is 5.71. The molecule has 3 nitrogen and oxygen atoms in total. The number of thioether (sulfide) groups is 1. The maximum absolute atomic E-state index is 14.3. The van der Waals surface area contributed by atoms with Crippen LogP contribution in [0.15, 0.2) is 17.0 Å². The van der Waals surface area contributed by atoms with E-state index in [1.807, 2.05) is 6.26 Å². The Morgan fingerprint density at radius 1 is 1.53 bits per heavy atom. The van der Waals surface area contributed by atoms with Gasteiger partial charge in [-0.15, -0.1) is 11.8 Å². The monoisotopic (exact) mass is 257 g/mol. The molecule has 0 radical (unpaired) electrons. The van der Waals surface area contributed by atoms with Gasteiger partial charge in [-0.05, 0) is 18.4 Å². The summed E-state index contributed by atoms with van der Waals surface area (Å²) in [6.45, 7) is 2.09. The molecule has 1 aliphatic heterocycles. The van der Waals surface area contributed by atoms with E-state index in [1.54, 1.807) is 19.2 Å². The summed E-state index contributed by atoms with van der Waals surface area (Å²) < 4.78 is 25.0. The Labute approximate surface area is 105 Å². The maximum Gasteiger partial charge on any atom is 0.146 e. The van der Waals surface area contributed by atoms with Crippen LogP contribution in [0.3, 0.4) is 0 Å². The van der Waals surface area contributed by atoms with E-state index in [4.69, 9.17) is 9.47 Å². The Hall–Kier alpha value is -0.780. The van der Waals surface area contributed by atoms with Gasteiger partial charge in [0.25, 0.3) is 0 Å². The molecular weight excluding hydrogens is 241 g/mol. The van der Waals surface area contributed by atoms with Gasteiger partial charge >= 0.3 is 0 Å². The van der Waals surface area contributed by atoms with Gasteiger partial charge in [-0.2, -0.15) is 0 Å². The van der Waals surface area contributed by atoms with Crippen LogP contribution in [0.2, 0.25) is 0 Å². The molecule has 1 unspecified atom stereocenters. The van der Waals surface area contributed by atoms with Crippen molar-refractivity contribution < 1.29 is 13.9 Å². The van der Waals surface area contributed by atoms with Crippen molar-refractivity contribution in [3.8, 4) is 5.75 Å². The molecule has 1 N–H and O–H groups in total. The number of benzene rings is 1.